The highest BCUT2D eigenvalue weighted by atomic mass is 35.5. The number of halogens is 1. The monoisotopic (exact) mass is 373 g/mol. The lowest BCUT2D eigenvalue weighted by molar-refractivity contribution is -0.142. The van der Waals surface area contributed by atoms with Crippen LogP contribution < -0.4 is 4.72 Å². The fourth-order valence-electron chi connectivity index (χ4n) is 2.11. The molecule has 0 fully saturated rings. The molecule has 1 aromatic carbocycles. The van der Waals surface area contributed by atoms with E-state index in [1.807, 2.05) is 0 Å². The van der Waals surface area contributed by atoms with Crippen molar-refractivity contribution < 1.29 is 27.5 Å². The molecule has 0 saturated carbocycles. The van der Waals surface area contributed by atoms with Crippen LogP contribution in [0.25, 0.3) is 0 Å². The van der Waals surface area contributed by atoms with Crippen LogP contribution in [-0.4, -0.2) is 25.9 Å². The molecule has 7 nitrogen and oxygen atoms in total. The van der Waals surface area contributed by atoms with Crippen LogP contribution in [0.1, 0.15) is 26.3 Å². The highest BCUT2D eigenvalue weighted by Crippen LogP contribution is 2.39. The second-order valence-electron chi connectivity index (χ2n) is 5.23. The van der Waals surface area contributed by atoms with E-state index in [1.165, 1.54) is 19.9 Å². The van der Waals surface area contributed by atoms with Crippen LogP contribution in [0.3, 0.4) is 0 Å². The van der Waals surface area contributed by atoms with Gasteiger partial charge in [0.15, 0.2) is 5.60 Å². The third-order valence-electron chi connectivity index (χ3n) is 3.40. The Morgan fingerprint density at radius 3 is 2.62 bits per heavy atom. The number of rotatable bonds is 5. The maximum Gasteiger partial charge on any atom is 0.308 e. The number of benzene rings is 1. The summed E-state index contributed by atoms with van der Waals surface area (Å²) >= 11 is 5.94. The Morgan fingerprint density at radius 2 is 2.08 bits per heavy atom. The zero-order valence-corrected chi connectivity index (χ0v) is 14.8. The van der Waals surface area contributed by atoms with Crippen LogP contribution in [-0.2, 0) is 34.7 Å². The molecule has 0 bridgehead atoms. The molecule has 1 aromatic rings. The number of esters is 1. The average Bonchev–Trinajstić information content (AvgIpc) is 2.72. The molecule has 1 heterocycles. The number of hydrogen-bond acceptors (Lipinski definition) is 6. The van der Waals surface area contributed by atoms with Crippen molar-refractivity contribution >= 4 is 33.4 Å². The molecule has 1 unspecified atom stereocenters. The summed E-state index contributed by atoms with van der Waals surface area (Å²) in [6.45, 7) is 3.96. The minimum Gasteiger partial charge on any atom is -0.456 e. The maximum atomic E-state index is 12.7. The molecular weight excluding hydrogens is 358 g/mol. The van der Waals surface area contributed by atoms with E-state index in [9.17, 15) is 18.0 Å². The molecule has 2 rings (SSSR count). The summed E-state index contributed by atoms with van der Waals surface area (Å²) in [4.78, 5) is 24.0. The number of carbonyl (C=O) groups is 2. The smallest absolute Gasteiger partial charge is 0.308 e. The van der Waals surface area contributed by atoms with E-state index in [0.29, 0.717) is 10.6 Å². The number of nitrogens with one attached hydrogen (secondary N) is 1. The van der Waals surface area contributed by atoms with E-state index in [0.717, 1.165) is 6.92 Å². The minimum atomic E-state index is -3.74. The van der Waals surface area contributed by atoms with Crippen molar-refractivity contribution in [1.82, 2.24) is 4.72 Å². The van der Waals surface area contributed by atoms with Crippen LogP contribution in [0.5, 0.6) is 0 Å². The van der Waals surface area contributed by atoms with Crippen LogP contribution in [0.15, 0.2) is 35.9 Å². The van der Waals surface area contributed by atoms with Gasteiger partial charge in [0, 0.05) is 17.5 Å². The Labute approximate surface area is 144 Å². The second kappa shape index (κ2) is 6.45. The molecule has 1 atom stereocenters. The van der Waals surface area contributed by atoms with E-state index >= 15 is 0 Å². The number of Topliss-reactive ketones (excluding diaryl/α,β-unsaturated/α-hetero) is 1. The molecule has 1 aliphatic rings. The van der Waals surface area contributed by atoms with E-state index in [-0.39, 0.29) is 5.75 Å². The van der Waals surface area contributed by atoms with E-state index in [1.54, 1.807) is 18.2 Å². The summed E-state index contributed by atoms with van der Waals surface area (Å²) in [5.41, 5.74) is -1.17. The van der Waals surface area contributed by atoms with Gasteiger partial charge in [-0.2, -0.15) is 0 Å². The number of carbonyl (C=O) groups excluding carboxylic acids is 2. The molecular formula is C15H16ClNO6S. The zero-order chi connectivity index (χ0) is 18.1. The Kier molecular flexibility index (Phi) is 4.91. The molecule has 0 saturated heterocycles. The first kappa shape index (κ1) is 18.3. The molecule has 1 aliphatic heterocycles. The first-order valence-electron chi connectivity index (χ1n) is 7.02. The Balaban J connectivity index is 2.49. The van der Waals surface area contributed by atoms with Crippen molar-refractivity contribution in [2.75, 3.05) is 5.75 Å². The third-order valence-corrected chi connectivity index (χ3v) is 4.89. The Morgan fingerprint density at radius 1 is 1.42 bits per heavy atom. The number of ether oxygens (including phenoxy) is 2. The lowest BCUT2D eigenvalue weighted by atomic mass is 9.92. The van der Waals surface area contributed by atoms with E-state index in [4.69, 9.17) is 21.1 Å². The lowest BCUT2D eigenvalue weighted by Gasteiger charge is -2.23. The quantitative estimate of drug-likeness (QED) is 0.790. The van der Waals surface area contributed by atoms with Crippen molar-refractivity contribution in [3.05, 3.63) is 46.5 Å². The maximum absolute atomic E-state index is 12.7. The highest BCUT2D eigenvalue weighted by Gasteiger charge is 2.50. The van der Waals surface area contributed by atoms with E-state index < -0.39 is 39.0 Å². The molecule has 9 heteroatoms. The van der Waals surface area contributed by atoms with Gasteiger partial charge in [-0.25, -0.2) is 8.42 Å². The van der Waals surface area contributed by atoms with Gasteiger partial charge in [0.1, 0.15) is 0 Å². The van der Waals surface area contributed by atoms with Crippen molar-refractivity contribution in [3.63, 3.8) is 0 Å². The van der Waals surface area contributed by atoms with Gasteiger partial charge in [-0.3, -0.25) is 14.3 Å². The molecule has 0 spiro atoms. The molecule has 1 N–H and O–H groups in total. The van der Waals surface area contributed by atoms with Crippen LogP contribution >= 0.6 is 11.6 Å². The molecule has 0 radical (unpaired) electrons. The van der Waals surface area contributed by atoms with Gasteiger partial charge >= 0.3 is 5.97 Å². The molecule has 0 aliphatic carbocycles. The van der Waals surface area contributed by atoms with Gasteiger partial charge in [-0.05, 0) is 26.0 Å². The predicted molar refractivity (Wildman–Crippen MR) is 86.3 cm³/mol. The molecule has 130 valence electrons. The fourth-order valence-corrected chi connectivity index (χ4v) is 2.86. The van der Waals surface area contributed by atoms with Crippen LogP contribution in [0, 0.1) is 0 Å². The first-order valence-corrected chi connectivity index (χ1v) is 9.05. The summed E-state index contributed by atoms with van der Waals surface area (Å²) in [5, 5.41) is 0.377. The van der Waals surface area contributed by atoms with Crippen molar-refractivity contribution in [2.45, 2.75) is 26.4 Å². The lowest BCUT2D eigenvalue weighted by Crippen LogP contribution is -2.32. The van der Waals surface area contributed by atoms with Gasteiger partial charge < -0.3 is 9.47 Å². The van der Waals surface area contributed by atoms with Crippen molar-refractivity contribution in [1.29, 1.82) is 0 Å². The Bertz CT molecular complexity index is 832. The van der Waals surface area contributed by atoms with Gasteiger partial charge in [0.05, 0.1) is 5.75 Å². The van der Waals surface area contributed by atoms with Gasteiger partial charge in [0.2, 0.25) is 21.7 Å². The summed E-state index contributed by atoms with van der Waals surface area (Å²) in [5.74, 6) is -2.60. The second-order valence-corrected chi connectivity index (χ2v) is 7.68. The molecule has 0 amide bonds. The van der Waals surface area contributed by atoms with Gasteiger partial charge in [-0.1, -0.05) is 23.7 Å². The molecule has 0 aromatic heterocycles. The largest absolute Gasteiger partial charge is 0.456 e. The summed E-state index contributed by atoms with van der Waals surface area (Å²) in [6, 6.07) is 6.36. The summed E-state index contributed by atoms with van der Waals surface area (Å²) in [6.07, 6.45) is 0. The average molecular weight is 374 g/mol. The number of hydrogen-bond donors (Lipinski definition) is 1. The minimum absolute atomic E-state index is 0.241. The fraction of sp³-hybridized carbons (Fsp3) is 0.333. The number of sulfonamides is 1. The molecule has 24 heavy (non-hydrogen) atoms. The predicted octanol–water partition coefficient (Wildman–Crippen LogP) is 1.83. The first-order chi connectivity index (χ1) is 11.1. The topological polar surface area (TPSA) is 98.8 Å². The zero-order valence-electron chi connectivity index (χ0n) is 13.3. The standard InChI is InChI=1S/C15H16ClNO6S/c1-4-24(20,21)17-14-12(22-9(2)18)13(19)15(3,23-14)10-6-5-7-11(16)8-10/h5-8,17H,4H2,1-3H3. The van der Waals surface area contributed by atoms with Gasteiger partial charge in [-0.15, -0.1) is 0 Å². The van der Waals surface area contributed by atoms with Gasteiger partial charge in [0.25, 0.3) is 5.78 Å². The van der Waals surface area contributed by atoms with Crippen LogP contribution in [0.4, 0.5) is 0 Å². The summed E-state index contributed by atoms with van der Waals surface area (Å²) in [7, 11) is -3.74. The SMILES string of the molecule is CCS(=O)(=O)NC1=C(OC(C)=O)C(=O)C(C)(c2cccc(Cl)c2)O1. The van der Waals surface area contributed by atoms with Crippen LogP contribution in [0.2, 0.25) is 5.02 Å². The Hall–Kier alpha value is -2.06. The van der Waals surface area contributed by atoms with Crippen molar-refractivity contribution in [2.24, 2.45) is 0 Å². The number of ketones is 1. The third kappa shape index (κ3) is 3.54. The highest BCUT2D eigenvalue weighted by molar-refractivity contribution is 7.89. The summed E-state index contributed by atoms with van der Waals surface area (Å²) < 4.78 is 36.2. The normalized spacial score (nSPS) is 20.8. The van der Waals surface area contributed by atoms with Crippen molar-refractivity contribution in [3.8, 4) is 0 Å². The van der Waals surface area contributed by atoms with E-state index in [2.05, 4.69) is 4.72 Å².